The minimum absolute atomic E-state index is 0.145. The van der Waals surface area contributed by atoms with Crippen molar-refractivity contribution < 1.29 is 14.4 Å². The van der Waals surface area contributed by atoms with E-state index in [0.29, 0.717) is 5.56 Å². The van der Waals surface area contributed by atoms with Gasteiger partial charge in [-0.3, -0.25) is 9.59 Å². The fourth-order valence-corrected chi connectivity index (χ4v) is 2.94. The molecule has 7 nitrogen and oxygen atoms in total. The highest BCUT2D eigenvalue weighted by atomic mass is 16.2. The first kappa shape index (κ1) is 21.9. The summed E-state index contributed by atoms with van der Waals surface area (Å²) in [4.78, 5) is 35.9. The van der Waals surface area contributed by atoms with Crippen LogP contribution in [-0.2, 0) is 4.79 Å². The lowest BCUT2D eigenvalue weighted by atomic mass is 10.1. The maximum Gasteiger partial charge on any atom is 0.315 e. The zero-order valence-corrected chi connectivity index (χ0v) is 17.3. The van der Waals surface area contributed by atoms with Gasteiger partial charge in [-0.05, 0) is 51.0 Å². The van der Waals surface area contributed by atoms with Gasteiger partial charge in [0.25, 0.3) is 5.91 Å². The second kappa shape index (κ2) is 10.3. The Hall–Kier alpha value is -3.35. The largest absolute Gasteiger partial charge is 0.350 e. The first-order chi connectivity index (χ1) is 13.8. The Balaban J connectivity index is 1.67. The van der Waals surface area contributed by atoms with Gasteiger partial charge in [-0.1, -0.05) is 35.4 Å². The molecule has 0 spiro atoms. The molecule has 4 N–H and O–H groups in total. The molecule has 2 aromatic carbocycles. The van der Waals surface area contributed by atoms with Gasteiger partial charge in [-0.25, -0.2) is 4.79 Å². The van der Waals surface area contributed by atoms with Crippen LogP contribution >= 0.6 is 0 Å². The van der Waals surface area contributed by atoms with Crippen LogP contribution in [0.2, 0.25) is 0 Å². The van der Waals surface area contributed by atoms with Crippen molar-refractivity contribution in [3.63, 3.8) is 0 Å². The predicted molar refractivity (Wildman–Crippen MR) is 114 cm³/mol. The van der Waals surface area contributed by atoms with Crippen LogP contribution in [0.5, 0.6) is 0 Å². The average Bonchev–Trinajstić information content (AvgIpc) is 2.66. The van der Waals surface area contributed by atoms with E-state index < -0.39 is 6.03 Å². The van der Waals surface area contributed by atoms with Crippen LogP contribution in [0.25, 0.3) is 0 Å². The van der Waals surface area contributed by atoms with Crippen molar-refractivity contribution in [2.45, 2.75) is 27.7 Å². The highest BCUT2D eigenvalue weighted by Crippen LogP contribution is 2.21. The molecule has 29 heavy (non-hydrogen) atoms. The molecule has 0 heterocycles. The van der Waals surface area contributed by atoms with Gasteiger partial charge in [-0.15, -0.1) is 0 Å². The molecule has 7 heteroatoms. The molecule has 154 valence electrons. The van der Waals surface area contributed by atoms with Crippen LogP contribution < -0.4 is 21.3 Å². The van der Waals surface area contributed by atoms with Crippen LogP contribution in [0.15, 0.2) is 36.4 Å². The number of amides is 4. The molecule has 0 saturated heterocycles. The third kappa shape index (κ3) is 6.95. The highest BCUT2D eigenvalue weighted by molar-refractivity contribution is 5.96. The second-order valence-corrected chi connectivity index (χ2v) is 7.05. The van der Waals surface area contributed by atoms with Crippen molar-refractivity contribution in [1.29, 1.82) is 0 Å². The van der Waals surface area contributed by atoms with E-state index in [1.54, 1.807) is 12.1 Å². The summed E-state index contributed by atoms with van der Waals surface area (Å²) in [5.41, 5.74) is 5.50. The van der Waals surface area contributed by atoms with Crippen LogP contribution in [-0.4, -0.2) is 37.5 Å². The Labute approximate surface area is 171 Å². The van der Waals surface area contributed by atoms with Gasteiger partial charge in [-0.2, -0.15) is 0 Å². The van der Waals surface area contributed by atoms with Gasteiger partial charge in [0.05, 0.1) is 6.54 Å². The van der Waals surface area contributed by atoms with Gasteiger partial charge in [0.2, 0.25) is 5.91 Å². The maximum absolute atomic E-state index is 12.1. The summed E-state index contributed by atoms with van der Waals surface area (Å²) in [7, 11) is 0. The number of hydrogen-bond acceptors (Lipinski definition) is 3. The third-order valence-electron chi connectivity index (χ3n) is 4.36. The smallest absolute Gasteiger partial charge is 0.315 e. The van der Waals surface area contributed by atoms with Crippen LogP contribution in [0.1, 0.15) is 32.6 Å². The lowest BCUT2D eigenvalue weighted by Gasteiger charge is -2.13. The molecule has 0 aliphatic heterocycles. The summed E-state index contributed by atoms with van der Waals surface area (Å²) in [6.07, 6.45) is 0. The normalized spacial score (nSPS) is 10.2. The molecule has 2 aromatic rings. The van der Waals surface area contributed by atoms with E-state index in [0.717, 1.165) is 27.9 Å². The number of urea groups is 1. The van der Waals surface area contributed by atoms with E-state index in [-0.39, 0.29) is 31.4 Å². The molecule has 0 aliphatic carbocycles. The van der Waals surface area contributed by atoms with Crippen molar-refractivity contribution in [3.8, 4) is 0 Å². The number of nitrogens with one attached hydrogen (secondary N) is 4. The fourth-order valence-electron chi connectivity index (χ4n) is 2.94. The minimum atomic E-state index is -0.470. The summed E-state index contributed by atoms with van der Waals surface area (Å²) in [5, 5.41) is 10.7. The number of anilines is 1. The van der Waals surface area contributed by atoms with Crippen molar-refractivity contribution in [2.75, 3.05) is 25.0 Å². The summed E-state index contributed by atoms with van der Waals surface area (Å²) in [6.45, 7) is 8.21. The molecule has 0 aliphatic rings. The zero-order chi connectivity index (χ0) is 21.4. The molecule has 0 fully saturated rings. The van der Waals surface area contributed by atoms with Gasteiger partial charge in [0.15, 0.2) is 0 Å². The molecule has 2 rings (SSSR count). The number of carbonyl (C=O) groups is 3. The highest BCUT2D eigenvalue weighted by Gasteiger charge is 2.10. The van der Waals surface area contributed by atoms with Gasteiger partial charge in [0.1, 0.15) is 0 Å². The molecule has 0 radical (unpaired) electrons. The second-order valence-electron chi connectivity index (χ2n) is 7.05. The molecular weight excluding hydrogens is 368 g/mol. The predicted octanol–water partition coefficient (Wildman–Crippen LogP) is 2.59. The molecule has 4 amide bonds. The number of rotatable bonds is 7. The van der Waals surface area contributed by atoms with E-state index in [9.17, 15) is 14.4 Å². The monoisotopic (exact) mass is 396 g/mol. The van der Waals surface area contributed by atoms with Crippen molar-refractivity contribution in [3.05, 3.63) is 64.2 Å². The van der Waals surface area contributed by atoms with Crippen molar-refractivity contribution in [1.82, 2.24) is 16.0 Å². The Kier molecular flexibility index (Phi) is 7.77. The van der Waals surface area contributed by atoms with Crippen LogP contribution in [0, 0.1) is 27.7 Å². The van der Waals surface area contributed by atoms with E-state index in [2.05, 4.69) is 21.3 Å². The fraction of sp³-hybridized carbons (Fsp3) is 0.318. The summed E-state index contributed by atoms with van der Waals surface area (Å²) in [5.74, 6) is -0.502. The first-order valence-electron chi connectivity index (χ1n) is 9.50. The lowest BCUT2D eigenvalue weighted by Crippen LogP contribution is -2.43. The van der Waals surface area contributed by atoms with E-state index in [4.69, 9.17) is 0 Å². The number of aryl methyl sites for hydroxylation is 4. The van der Waals surface area contributed by atoms with Gasteiger partial charge < -0.3 is 21.3 Å². The Morgan fingerprint density at radius 1 is 0.759 bits per heavy atom. The van der Waals surface area contributed by atoms with Crippen LogP contribution in [0.3, 0.4) is 0 Å². The average molecular weight is 396 g/mol. The van der Waals surface area contributed by atoms with Crippen molar-refractivity contribution in [2.24, 2.45) is 0 Å². The molecule has 0 bridgehead atoms. The van der Waals surface area contributed by atoms with E-state index >= 15 is 0 Å². The topological polar surface area (TPSA) is 99.3 Å². The zero-order valence-electron chi connectivity index (χ0n) is 17.3. The summed E-state index contributed by atoms with van der Waals surface area (Å²) in [6, 6.07) is 10.8. The standard InChI is InChI=1S/C22H28N4O3/c1-14-5-7-18(8-6-14)21(28)23-9-10-24-22(29)25-13-19(27)26-20-16(3)11-15(2)12-17(20)4/h5-8,11-12H,9-10,13H2,1-4H3,(H,23,28)(H,26,27)(H2,24,25,29). The first-order valence-corrected chi connectivity index (χ1v) is 9.50. The lowest BCUT2D eigenvalue weighted by molar-refractivity contribution is -0.115. The molecule has 0 unspecified atom stereocenters. The van der Waals surface area contributed by atoms with E-state index in [1.165, 1.54) is 0 Å². The molecular formula is C22H28N4O3. The SMILES string of the molecule is Cc1ccc(C(=O)NCCNC(=O)NCC(=O)Nc2c(C)cc(C)cc2C)cc1. The summed E-state index contributed by atoms with van der Waals surface area (Å²) >= 11 is 0. The van der Waals surface area contributed by atoms with E-state index in [1.807, 2.05) is 52.0 Å². The molecule has 0 atom stereocenters. The molecule has 0 saturated carbocycles. The Bertz CT molecular complexity index is 868. The Morgan fingerprint density at radius 2 is 1.34 bits per heavy atom. The maximum atomic E-state index is 12.1. The quantitative estimate of drug-likeness (QED) is 0.541. The van der Waals surface area contributed by atoms with Crippen molar-refractivity contribution >= 4 is 23.5 Å². The summed E-state index contributed by atoms with van der Waals surface area (Å²) < 4.78 is 0. The third-order valence-corrected chi connectivity index (χ3v) is 4.36. The molecule has 0 aromatic heterocycles. The van der Waals surface area contributed by atoms with Gasteiger partial charge in [0, 0.05) is 24.3 Å². The Morgan fingerprint density at radius 3 is 1.97 bits per heavy atom. The number of carbonyl (C=O) groups excluding carboxylic acids is 3. The number of hydrogen-bond donors (Lipinski definition) is 4. The van der Waals surface area contributed by atoms with Gasteiger partial charge >= 0.3 is 6.03 Å². The number of benzene rings is 2. The minimum Gasteiger partial charge on any atom is -0.350 e. The van der Waals surface area contributed by atoms with Crippen LogP contribution in [0.4, 0.5) is 10.5 Å².